The summed E-state index contributed by atoms with van der Waals surface area (Å²) < 4.78 is 6.04. The number of piperazine rings is 1. The Morgan fingerprint density at radius 1 is 0.966 bits per heavy atom. The van der Waals surface area contributed by atoms with E-state index in [0.717, 1.165) is 17.7 Å². The molecule has 0 atom stereocenters. The first-order valence-electron chi connectivity index (χ1n) is 11.8. The summed E-state index contributed by atoms with van der Waals surface area (Å²) in [5.74, 6) is 2.51. The molecule has 29 heavy (non-hydrogen) atoms. The van der Waals surface area contributed by atoms with E-state index in [1.54, 1.807) is 0 Å². The summed E-state index contributed by atoms with van der Waals surface area (Å²) in [6.07, 6.45) is 7.35. The lowest BCUT2D eigenvalue weighted by molar-refractivity contribution is 0.0285. The van der Waals surface area contributed by atoms with E-state index >= 15 is 0 Å². The summed E-state index contributed by atoms with van der Waals surface area (Å²) in [4.78, 5) is 12.4. The summed E-state index contributed by atoms with van der Waals surface area (Å²) in [6.45, 7) is 16.9. The van der Waals surface area contributed by atoms with Gasteiger partial charge in [-0.15, -0.1) is 0 Å². The molecule has 1 aliphatic carbocycles. The zero-order chi connectivity index (χ0) is 20.2. The number of pyridine rings is 1. The second kappa shape index (κ2) is 9.76. The van der Waals surface area contributed by atoms with Crippen molar-refractivity contribution in [1.29, 1.82) is 0 Å². The lowest BCUT2D eigenvalue weighted by atomic mass is 9.81. The average molecular weight is 401 g/mol. The predicted octanol–water partition coefficient (Wildman–Crippen LogP) is 3.29. The molecule has 0 amide bonds. The van der Waals surface area contributed by atoms with Crippen molar-refractivity contribution in [2.75, 3.05) is 52.4 Å². The van der Waals surface area contributed by atoms with Crippen LogP contribution in [0.25, 0.3) is 0 Å². The third kappa shape index (κ3) is 5.93. The fourth-order valence-electron chi connectivity index (χ4n) is 5.21. The van der Waals surface area contributed by atoms with Crippen LogP contribution in [0.3, 0.4) is 0 Å². The molecule has 1 aromatic heterocycles. The summed E-state index contributed by atoms with van der Waals surface area (Å²) in [5, 5.41) is 0. The molecule has 5 nitrogen and oxygen atoms in total. The van der Waals surface area contributed by atoms with E-state index < -0.39 is 0 Å². The van der Waals surface area contributed by atoms with Crippen molar-refractivity contribution in [1.82, 2.24) is 19.7 Å². The van der Waals surface area contributed by atoms with Gasteiger partial charge in [-0.25, -0.2) is 4.98 Å². The zero-order valence-electron chi connectivity index (χ0n) is 18.7. The van der Waals surface area contributed by atoms with Crippen LogP contribution >= 0.6 is 0 Å². The second-order valence-electron chi connectivity index (χ2n) is 9.92. The molecule has 1 saturated carbocycles. The minimum atomic E-state index is 0.372. The van der Waals surface area contributed by atoms with Gasteiger partial charge >= 0.3 is 0 Å². The molecule has 0 spiro atoms. The van der Waals surface area contributed by atoms with Gasteiger partial charge in [0.2, 0.25) is 5.88 Å². The molecule has 0 N–H and O–H groups in total. The molecule has 3 aliphatic rings. The van der Waals surface area contributed by atoms with Gasteiger partial charge in [0.05, 0.1) is 0 Å². The monoisotopic (exact) mass is 400 g/mol. The summed E-state index contributed by atoms with van der Waals surface area (Å²) in [5.41, 5.74) is 1.22. The molecule has 2 aliphatic heterocycles. The summed E-state index contributed by atoms with van der Waals surface area (Å²) >= 11 is 0. The van der Waals surface area contributed by atoms with Crippen molar-refractivity contribution in [2.45, 2.75) is 58.6 Å². The highest BCUT2D eigenvalue weighted by atomic mass is 16.5. The van der Waals surface area contributed by atoms with E-state index in [-0.39, 0.29) is 0 Å². The van der Waals surface area contributed by atoms with Crippen molar-refractivity contribution in [3.63, 3.8) is 0 Å². The second-order valence-corrected chi connectivity index (χ2v) is 9.92. The number of hydrogen-bond donors (Lipinski definition) is 0. The van der Waals surface area contributed by atoms with Crippen LogP contribution in [-0.2, 0) is 0 Å². The van der Waals surface area contributed by atoms with E-state index in [1.165, 1.54) is 83.6 Å². The van der Waals surface area contributed by atoms with Gasteiger partial charge in [-0.1, -0.05) is 0 Å². The number of rotatable bonds is 7. The smallest absolute Gasteiger partial charge is 0.213 e. The number of likely N-dealkylation sites (tertiary alicyclic amines) is 1. The van der Waals surface area contributed by atoms with E-state index in [0.29, 0.717) is 12.1 Å². The Balaban J connectivity index is 1.09. The van der Waals surface area contributed by atoms with Crippen LogP contribution in [0.5, 0.6) is 5.88 Å². The van der Waals surface area contributed by atoms with Crippen LogP contribution in [0, 0.1) is 18.8 Å². The number of hydrogen-bond acceptors (Lipinski definition) is 5. The van der Waals surface area contributed by atoms with Gasteiger partial charge in [0.25, 0.3) is 0 Å². The van der Waals surface area contributed by atoms with Gasteiger partial charge in [-0.3, -0.25) is 4.90 Å². The number of ether oxygens (including phenoxy) is 1. The van der Waals surface area contributed by atoms with Crippen LogP contribution in [0.4, 0.5) is 0 Å². The first kappa shape index (κ1) is 21.1. The van der Waals surface area contributed by atoms with Crippen LogP contribution in [0.2, 0.25) is 0 Å². The molecule has 3 fully saturated rings. The van der Waals surface area contributed by atoms with Crippen molar-refractivity contribution in [2.24, 2.45) is 11.8 Å². The van der Waals surface area contributed by atoms with E-state index in [1.807, 2.05) is 18.3 Å². The molecular weight excluding hydrogens is 360 g/mol. The highest BCUT2D eigenvalue weighted by Crippen LogP contribution is 2.32. The SMILES string of the molecule is Cc1ccnc(OC2CC(CN3CCC(CN4CCN(C(C)C)CC4)CC3)C2)c1. The predicted molar refractivity (Wildman–Crippen MR) is 118 cm³/mol. The molecule has 4 rings (SSSR count). The molecule has 2 saturated heterocycles. The molecule has 1 aromatic rings. The van der Waals surface area contributed by atoms with Gasteiger partial charge < -0.3 is 14.5 Å². The quantitative estimate of drug-likeness (QED) is 0.701. The molecular formula is C24H40N4O. The van der Waals surface area contributed by atoms with Gasteiger partial charge in [0.1, 0.15) is 6.10 Å². The third-order valence-electron chi connectivity index (χ3n) is 7.25. The Labute approximate surface area is 177 Å². The van der Waals surface area contributed by atoms with Crippen LogP contribution in [-0.4, -0.2) is 84.2 Å². The van der Waals surface area contributed by atoms with E-state index in [2.05, 4.69) is 40.5 Å². The number of piperidine rings is 1. The molecule has 0 bridgehead atoms. The topological polar surface area (TPSA) is 31.8 Å². The molecule has 5 heteroatoms. The van der Waals surface area contributed by atoms with Crippen LogP contribution < -0.4 is 4.74 Å². The van der Waals surface area contributed by atoms with E-state index in [9.17, 15) is 0 Å². The van der Waals surface area contributed by atoms with Crippen molar-refractivity contribution in [3.8, 4) is 5.88 Å². The minimum Gasteiger partial charge on any atom is -0.474 e. The highest BCUT2D eigenvalue weighted by molar-refractivity contribution is 5.19. The number of aromatic nitrogens is 1. The minimum absolute atomic E-state index is 0.372. The van der Waals surface area contributed by atoms with Gasteiger partial charge in [0.15, 0.2) is 0 Å². The van der Waals surface area contributed by atoms with Crippen molar-refractivity contribution < 1.29 is 4.74 Å². The average Bonchev–Trinajstić information content (AvgIpc) is 2.68. The lowest BCUT2D eigenvalue weighted by Crippen LogP contribution is -2.51. The summed E-state index contributed by atoms with van der Waals surface area (Å²) in [7, 11) is 0. The lowest BCUT2D eigenvalue weighted by Gasteiger charge is -2.42. The molecule has 0 radical (unpaired) electrons. The van der Waals surface area contributed by atoms with Gasteiger partial charge in [0, 0.05) is 57.6 Å². The molecule has 3 heterocycles. The van der Waals surface area contributed by atoms with Crippen molar-refractivity contribution >= 4 is 0 Å². The van der Waals surface area contributed by atoms with Crippen LogP contribution in [0.15, 0.2) is 18.3 Å². The Kier molecular flexibility index (Phi) is 7.09. The maximum absolute atomic E-state index is 6.04. The Hall–Kier alpha value is -1.17. The standard InChI is InChI=1S/C24H40N4O/c1-19(2)28-12-10-27(11-13-28)17-21-5-8-26(9-6-21)18-22-15-23(16-22)29-24-14-20(3)4-7-25-24/h4,7,14,19,21-23H,5-6,8-13,15-18H2,1-3H3. The summed E-state index contributed by atoms with van der Waals surface area (Å²) in [6, 6.07) is 4.76. The fraction of sp³-hybridized carbons (Fsp3) is 0.792. The first-order valence-corrected chi connectivity index (χ1v) is 11.8. The number of aryl methyl sites for hydroxylation is 1. The number of nitrogens with zero attached hydrogens (tertiary/aromatic N) is 4. The molecule has 162 valence electrons. The Morgan fingerprint density at radius 2 is 1.62 bits per heavy atom. The maximum Gasteiger partial charge on any atom is 0.213 e. The Bertz CT molecular complexity index is 630. The van der Waals surface area contributed by atoms with E-state index in [4.69, 9.17) is 4.74 Å². The van der Waals surface area contributed by atoms with Crippen LogP contribution in [0.1, 0.15) is 45.1 Å². The fourth-order valence-corrected chi connectivity index (χ4v) is 5.21. The largest absolute Gasteiger partial charge is 0.474 e. The van der Waals surface area contributed by atoms with Crippen molar-refractivity contribution in [3.05, 3.63) is 23.9 Å². The van der Waals surface area contributed by atoms with Gasteiger partial charge in [-0.05, 0) is 83.0 Å². The highest BCUT2D eigenvalue weighted by Gasteiger charge is 2.33. The zero-order valence-corrected chi connectivity index (χ0v) is 18.7. The Morgan fingerprint density at radius 3 is 2.28 bits per heavy atom. The maximum atomic E-state index is 6.04. The van der Waals surface area contributed by atoms with Gasteiger partial charge in [-0.2, -0.15) is 0 Å². The normalized spacial score (nSPS) is 27.9. The molecule has 0 aromatic carbocycles. The third-order valence-corrected chi connectivity index (χ3v) is 7.25. The molecule has 0 unspecified atom stereocenters. The first-order chi connectivity index (χ1) is 14.0.